The molecule has 0 aliphatic carbocycles. The van der Waals surface area contributed by atoms with Gasteiger partial charge in [-0.2, -0.15) is 0 Å². The molecule has 90 heavy (non-hydrogen) atoms. The number of carbonyl (C=O) groups is 4. The van der Waals surface area contributed by atoms with Crippen LogP contribution in [0.3, 0.4) is 0 Å². The fourth-order valence-corrected chi connectivity index (χ4v) is 12.2. The summed E-state index contributed by atoms with van der Waals surface area (Å²) in [7, 11) is -9.90. The normalized spacial score (nSPS) is 14.6. The molecule has 17 nitrogen and oxygen atoms in total. The first-order valence-electron chi connectivity index (χ1n) is 36.7. The number of carbonyl (C=O) groups excluding carboxylic acids is 4. The van der Waals surface area contributed by atoms with Crippen LogP contribution >= 0.6 is 15.6 Å². The van der Waals surface area contributed by atoms with Crippen molar-refractivity contribution < 1.29 is 80.2 Å². The summed E-state index contributed by atoms with van der Waals surface area (Å²) < 4.78 is 68.3. The Bertz CT molecular complexity index is 1780. The monoisotopic (exact) mass is 1320 g/mol. The van der Waals surface area contributed by atoms with Crippen molar-refractivity contribution in [2.45, 2.75) is 369 Å². The van der Waals surface area contributed by atoms with E-state index in [1.54, 1.807) is 0 Å². The van der Waals surface area contributed by atoms with Crippen LogP contribution in [0, 0.1) is 23.7 Å². The van der Waals surface area contributed by atoms with Crippen LogP contribution in [0.1, 0.15) is 351 Å². The smallest absolute Gasteiger partial charge is 0.462 e. The van der Waals surface area contributed by atoms with Crippen molar-refractivity contribution in [3.63, 3.8) is 0 Å². The summed E-state index contributed by atoms with van der Waals surface area (Å²) in [5.41, 5.74) is 0. The maximum Gasteiger partial charge on any atom is 0.472 e. The maximum absolute atomic E-state index is 13.0. The minimum atomic E-state index is -4.95. The Morgan fingerprint density at radius 1 is 0.311 bits per heavy atom. The molecule has 0 spiro atoms. The molecule has 0 rings (SSSR count). The number of rotatable bonds is 68. The Hall–Kier alpha value is -1.94. The third-order valence-corrected chi connectivity index (χ3v) is 18.6. The van der Waals surface area contributed by atoms with Gasteiger partial charge in [-0.3, -0.25) is 37.3 Å². The molecule has 534 valence electrons. The lowest BCUT2D eigenvalue weighted by Crippen LogP contribution is -2.30. The standard InChI is InChI=1S/C71H138O17P2/c1-9-64(8)50-42-34-29-30-38-46-54-71(76)88-67(58-81-68(73)51-43-35-26-18-16-14-12-10-11-13-15-17-23-31-39-47-61(2)3)60-86-90(79,80)84-56-65(72)55-83-89(77,78)85-59-66(87-70(75)53-45-37-28-22-20-25-33-41-49-63(6)7)57-82-69(74)52-44-36-27-21-19-24-32-40-48-62(4)5/h61-67,72H,9-60H2,1-8H3,(H,77,78)(H,79,80)/t64?,65?,66-,67-/m1/s1. The van der Waals surface area contributed by atoms with Crippen LogP contribution in [-0.2, 0) is 65.4 Å². The first-order chi connectivity index (χ1) is 43.1. The average molecular weight is 1330 g/mol. The van der Waals surface area contributed by atoms with Crippen molar-refractivity contribution in [3.8, 4) is 0 Å². The molecule has 0 saturated heterocycles. The van der Waals surface area contributed by atoms with Gasteiger partial charge in [-0.05, 0) is 49.4 Å². The van der Waals surface area contributed by atoms with Crippen LogP contribution in [0.15, 0.2) is 0 Å². The number of phosphoric acid groups is 2. The van der Waals surface area contributed by atoms with Crippen LogP contribution in [0.4, 0.5) is 0 Å². The van der Waals surface area contributed by atoms with E-state index < -0.39 is 97.5 Å². The molecule has 0 aromatic heterocycles. The lowest BCUT2D eigenvalue weighted by Gasteiger charge is -2.21. The highest BCUT2D eigenvalue weighted by Crippen LogP contribution is 2.45. The first kappa shape index (κ1) is 88.1. The molecule has 0 saturated carbocycles. The van der Waals surface area contributed by atoms with Gasteiger partial charge in [-0.1, -0.05) is 299 Å². The number of phosphoric ester groups is 2. The second kappa shape index (κ2) is 60.7. The molecule has 0 radical (unpaired) electrons. The largest absolute Gasteiger partial charge is 0.472 e. The molecule has 0 aromatic carbocycles. The summed E-state index contributed by atoms with van der Waals surface area (Å²) in [6.07, 6.45) is 43.3. The molecule has 19 heteroatoms. The average Bonchev–Trinajstić information content (AvgIpc) is 3.68. The van der Waals surface area contributed by atoms with Crippen molar-refractivity contribution in [1.82, 2.24) is 0 Å². The summed E-state index contributed by atoms with van der Waals surface area (Å²) in [5.74, 6) is 0.838. The van der Waals surface area contributed by atoms with Gasteiger partial charge in [-0.25, -0.2) is 9.13 Å². The van der Waals surface area contributed by atoms with Gasteiger partial charge in [0.15, 0.2) is 12.2 Å². The minimum Gasteiger partial charge on any atom is -0.462 e. The third-order valence-electron chi connectivity index (χ3n) is 16.7. The molecule has 0 aliphatic rings. The van der Waals surface area contributed by atoms with Crippen LogP contribution in [0.2, 0.25) is 0 Å². The van der Waals surface area contributed by atoms with Gasteiger partial charge in [0, 0.05) is 25.7 Å². The van der Waals surface area contributed by atoms with Crippen LogP contribution in [0.25, 0.3) is 0 Å². The van der Waals surface area contributed by atoms with E-state index in [1.165, 1.54) is 154 Å². The number of ether oxygens (including phenoxy) is 4. The van der Waals surface area contributed by atoms with Crippen molar-refractivity contribution >= 4 is 39.5 Å². The van der Waals surface area contributed by atoms with Crippen LogP contribution in [-0.4, -0.2) is 96.7 Å². The van der Waals surface area contributed by atoms with E-state index in [0.29, 0.717) is 25.7 Å². The molecule has 0 aromatic rings. The molecular weight excluding hydrogens is 1190 g/mol. The van der Waals surface area contributed by atoms with Crippen LogP contribution < -0.4 is 0 Å². The Balaban J connectivity index is 5.19. The zero-order valence-electron chi connectivity index (χ0n) is 58.8. The van der Waals surface area contributed by atoms with E-state index in [9.17, 15) is 43.2 Å². The molecular formula is C71H138O17P2. The highest BCUT2D eigenvalue weighted by atomic mass is 31.2. The third kappa shape index (κ3) is 63.5. The quantitative estimate of drug-likeness (QED) is 0.0222. The summed E-state index contributed by atoms with van der Waals surface area (Å²) in [4.78, 5) is 72.5. The number of unbranched alkanes of at least 4 members (excludes halogenated alkanes) is 33. The number of hydrogen-bond acceptors (Lipinski definition) is 15. The van der Waals surface area contributed by atoms with Crippen LogP contribution in [0.5, 0.6) is 0 Å². The fraction of sp³-hybridized carbons (Fsp3) is 0.944. The first-order valence-corrected chi connectivity index (χ1v) is 39.7. The number of aliphatic hydroxyl groups excluding tert-OH is 1. The van der Waals surface area contributed by atoms with Gasteiger partial charge in [-0.15, -0.1) is 0 Å². The Kier molecular flexibility index (Phi) is 59.4. The van der Waals surface area contributed by atoms with E-state index in [4.69, 9.17) is 37.0 Å². The Morgan fingerprint density at radius 2 is 0.533 bits per heavy atom. The molecule has 0 aliphatic heterocycles. The van der Waals surface area contributed by atoms with Crippen molar-refractivity contribution in [1.29, 1.82) is 0 Å². The van der Waals surface area contributed by atoms with E-state index in [2.05, 4.69) is 55.4 Å². The van der Waals surface area contributed by atoms with Gasteiger partial charge in [0.25, 0.3) is 0 Å². The predicted molar refractivity (Wildman–Crippen MR) is 363 cm³/mol. The molecule has 0 amide bonds. The van der Waals surface area contributed by atoms with Crippen molar-refractivity contribution in [3.05, 3.63) is 0 Å². The lowest BCUT2D eigenvalue weighted by atomic mass is 10.00. The highest BCUT2D eigenvalue weighted by Gasteiger charge is 2.30. The highest BCUT2D eigenvalue weighted by molar-refractivity contribution is 7.47. The topological polar surface area (TPSA) is 237 Å². The summed E-state index contributed by atoms with van der Waals surface area (Å²) >= 11 is 0. The maximum atomic E-state index is 13.0. The molecule has 0 bridgehead atoms. The molecule has 4 unspecified atom stereocenters. The van der Waals surface area contributed by atoms with E-state index in [1.807, 2.05) is 0 Å². The summed E-state index contributed by atoms with van der Waals surface area (Å²) in [6, 6.07) is 0. The van der Waals surface area contributed by atoms with E-state index in [0.717, 1.165) is 114 Å². The molecule has 3 N–H and O–H groups in total. The number of hydrogen-bond donors (Lipinski definition) is 3. The van der Waals surface area contributed by atoms with Gasteiger partial charge in [0.05, 0.1) is 26.4 Å². The fourth-order valence-electron chi connectivity index (χ4n) is 10.6. The number of aliphatic hydroxyl groups is 1. The Labute approximate surface area is 549 Å². The molecule has 0 heterocycles. The zero-order valence-corrected chi connectivity index (χ0v) is 60.6. The van der Waals surface area contributed by atoms with Gasteiger partial charge >= 0.3 is 39.5 Å². The minimum absolute atomic E-state index is 0.103. The number of esters is 4. The van der Waals surface area contributed by atoms with Crippen molar-refractivity contribution in [2.75, 3.05) is 39.6 Å². The zero-order chi connectivity index (χ0) is 66.8. The van der Waals surface area contributed by atoms with Crippen molar-refractivity contribution in [2.24, 2.45) is 23.7 Å². The van der Waals surface area contributed by atoms with Gasteiger partial charge < -0.3 is 33.8 Å². The lowest BCUT2D eigenvalue weighted by molar-refractivity contribution is -0.161. The SMILES string of the molecule is CCC(C)CCCCCCCCC(=O)O[C@H](COC(=O)CCCCCCCCCCCCCCCCCC(C)C)COP(=O)(O)OCC(O)COP(=O)(O)OC[C@@H](COC(=O)CCCCCCCCCCC(C)C)OC(=O)CCCCCCCCCCC(C)C. The molecule has 0 fully saturated rings. The van der Waals surface area contributed by atoms with E-state index >= 15 is 0 Å². The molecule has 6 atom stereocenters. The predicted octanol–water partition coefficient (Wildman–Crippen LogP) is 20.1. The summed E-state index contributed by atoms with van der Waals surface area (Å²) in [6.45, 7) is 14.1. The second-order valence-electron chi connectivity index (χ2n) is 27.3. The Morgan fingerprint density at radius 3 is 0.789 bits per heavy atom. The van der Waals surface area contributed by atoms with Gasteiger partial charge in [0.2, 0.25) is 0 Å². The summed E-state index contributed by atoms with van der Waals surface area (Å²) in [5, 5.41) is 10.6. The van der Waals surface area contributed by atoms with Gasteiger partial charge in [0.1, 0.15) is 19.3 Å². The van der Waals surface area contributed by atoms with E-state index in [-0.39, 0.29) is 25.7 Å². The second-order valence-corrected chi connectivity index (χ2v) is 30.2.